The van der Waals surface area contributed by atoms with Crippen LogP contribution < -0.4 is 5.32 Å². The molecule has 25 heavy (non-hydrogen) atoms. The Morgan fingerprint density at radius 2 is 1.92 bits per heavy atom. The molecule has 0 amide bonds. The van der Waals surface area contributed by atoms with Crippen molar-refractivity contribution >= 4 is 27.7 Å². The maximum absolute atomic E-state index is 12.4. The van der Waals surface area contributed by atoms with Gasteiger partial charge in [0.2, 0.25) is 10.0 Å². The molecule has 2 fully saturated rings. The predicted molar refractivity (Wildman–Crippen MR) is 107 cm³/mol. The molecule has 1 N–H and O–H groups in total. The number of thioether (sulfide) groups is 1. The number of hydrogen-bond acceptors (Lipinski definition) is 5. The van der Waals surface area contributed by atoms with E-state index in [1.165, 1.54) is 0 Å². The van der Waals surface area contributed by atoms with E-state index in [4.69, 9.17) is 0 Å². The number of rotatable bonds is 7. The summed E-state index contributed by atoms with van der Waals surface area (Å²) in [6.07, 6.45) is 1.13. The van der Waals surface area contributed by atoms with Gasteiger partial charge in [0.15, 0.2) is 5.96 Å². The minimum absolute atomic E-state index is 0.129. The lowest BCUT2D eigenvalue weighted by Gasteiger charge is -2.28. The second kappa shape index (κ2) is 9.99. The van der Waals surface area contributed by atoms with Crippen molar-refractivity contribution in [1.29, 1.82) is 0 Å². The molecule has 0 spiro atoms. The average Bonchev–Trinajstić information content (AvgIpc) is 3.10. The second-order valence-corrected chi connectivity index (χ2v) is 9.72. The standard InChI is InChI=1S/C16H33N5O2S2/c1-4-19(5-2)15-6-8-20(14-15)16(17-3)18-7-13-25(22,23)21-9-11-24-12-10-21/h15H,4-14H2,1-3H3,(H,17,18). The maximum Gasteiger partial charge on any atom is 0.215 e. The van der Waals surface area contributed by atoms with E-state index >= 15 is 0 Å². The molecule has 2 aliphatic rings. The Balaban J connectivity index is 1.81. The molecule has 7 nitrogen and oxygen atoms in total. The van der Waals surface area contributed by atoms with Crippen LogP contribution in [0.5, 0.6) is 0 Å². The van der Waals surface area contributed by atoms with E-state index in [2.05, 4.69) is 34.0 Å². The van der Waals surface area contributed by atoms with Crippen molar-refractivity contribution in [3.8, 4) is 0 Å². The van der Waals surface area contributed by atoms with E-state index in [0.717, 1.165) is 50.1 Å². The zero-order chi connectivity index (χ0) is 18.3. The topological polar surface area (TPSA) is 68.2 Å². The second-order valence-electron chi connectivity index (χ2n) is 6.41. The van der Waals surface area contributed by atoms with Gasteiger partial charge >= 0.3 is 0 Å². The lowest BCUT2D eigenvalue weighted by Crippen LogP contribution is -2.46. The molecule has 2 rings (SSSR count). The van der Waals surface area contributed by atoms with Crippen LogP contribution in [0.2, 0.25) is 0 Å². The Kier molecular flexibility index (Phi) is 8.31. The van der Waals surface area contributed by atoms with Gasteiger partial charge in [-0.15, -0.1) is 0 Å². The molecule has 2 heterocycles. The van der Waals surface area contributed by atoms with Crippen molar-refractivity contribution in [3.63, 3.8) is 0 Å². The van der Waals surface area contributed by atoms with Crippen molar-refractivity contribution in [2.75, 3.05) is 70.1 Å². The van der Waals surface area contributed by atoms with E-state index in [1.54, 1.807) is 11.4 Å². The van der Waals surface area contributed by atoms with Gasteiger partial charge in [0, 0.05) is 57.3 Å². The maximum atomic E-state index is 12.4. The Labute approximate surface area is 157 Å². The number of aliphatic imine (C=N–C) groups is 1. The summed E-state index contributed by atoms with van der Waals surface area (Å²) in [5.41, 5.74) is 0. The van der Waals surface area contributed by atoms with Crippen LogP contribution in [-0.4, -0.2) is 105 Å². The molecule has 0 saturated carbocycles. The predicted octanol–water partition coefficient (Wildman–Crippen LogP) is 0.357. The van der Waals surface area contributed by atoms with Gasteiger partial charge in [-0.1, -0.05) is 13.8 Å². The molecule has 0 aliphatic carbocycles. The smallest absolute Gasteiger partial charge is 0.215 e. The minimum Gasteiger partial charge on any atom is -0.355 e. The van der Waals surface area contributed by atoms with Gasteiger partial charge in [-0.05, 0) is 19.5 Å². The third kappa shape index (κ3) is 5.74. The fourth-order valence-electron chi connectivity index (χ4n) is 3.55. The average molecular weight is 392 g/mol. The lowest BCUT2D eigenvalue weighted by molar-refractivity contribution is 0.223. The van der Waals surface area contributed by atoms with E-state index in [9.17, 15) is 8.42 Å². The summed E-state index contributed by atoms with van der Waals surface area (Å²) in [5.74, 6) is 2.74. The molecule has 0 aromatic carbocycles. The monoisotopic (exact) mass is 391 g/mol. The van der Waals surface area contributed by atoms with Gasteiger partial charge in [-0.25, -0.2) is 12.7 Å². The van der Waals surface area contributed by atoms with Crippen LogP contribution in [0, 0.1) is 0 Å². The van der Waals surface area contributed by atoms with Crippen LogP contribution in [0.1, 0.15) is 20.3 Å². The number of hydrogen-bond donors (Lipinski definition) is 1. The molecular weight excluding hydrogens is 358 g/mol. The first kappa shape index (κ1) is 20.8. The number of likely N-dealkylation sites (N-methyl/N-ethyl adjacent to an activating group) is 1. The van der Waals surface area contributed by atoms with Crippen LogP contribution in [0.3, 0.4) is 0 Å². The van der Waals surface area contributed by atoms with Crippen molar-refractivity contribution in [2.24, 2.45) is 4.99 Å². The van der Waals surface area contributed by atoms with Crippen LogP contribution in [0.15, 0.2) is 4.99 Å². The highest BCUT2D eigenvalue weighted by atomic mass is 32.2. The molecule has 1 atom stereocenters. The Morgan fingerprint density at radius 3 is 2.52 bits per heavy atom. The van der Waals surface area contributed by atoms with Gasteiger partial charge in [0.05, 0.1) is 5.75 Å². The van der Waals surface area contributed by atoms with Crippen molar-refractivity contribution < 1.29 is 8.42 Å². The molecule has 146 valence electrons. The fourth-order valence-corrected chi connectivity index (χ4v) is 6.04. The molecule has 9 heteroatoms. The van der Waals surface area contributed by atoms with Crippen LogP contribution >= 0.6 is 11.8 Å². The summed E-state index contributed by atoms with van der Waals surface area (Å²) < 4.78 is 26.4. The highest BCUT2D eigenvalue weighted by Crippen LogP contribution is 2.16. The molecule has 0 aromatic rings. The Hall–Kier alpha value is -0.510. The molecule has 0 aromatic heterocycles. The van der Waals surface area contributed by atoms with Gasteiger partial charge in [-0.3, -0.25) is 9.89 Å². The summed E-state index contributed by atoms with van der Waals surface area (Å²) in [6, 6.07) is 0.558. The third-order valence-corrected chi connectivity index (χ3v) is 7.82. The summed E-state index contributed by atoms with van der Waals surface area (Å²) in [5, 5.41) is 3.25. The normalized spacial score (nSPS) is 23.4. The highest BCUT2D eigenvalue weighted by Gasteiger charge is 2.28. The van der Waals surface area contributed by atoms with Gasteiger partial charge in [0.25, 0.3) is 0 Å². The molecule has 0 bridgehead atoms. The Morgan fingerprint density at radius 1 is 1.24 bits per heavy atom. The summed E-state index contributed by atoms with van der Waals surface area (Å²) in [4.78, 5) is 9.07. The number of guanidine groups is 1. The lowest BCUT2D eigenvalue weighted by atomic mass is 10.2. The summed E-state index contributed by atoms with van der Waals surface area (Å²) in [6.45, 7) is 10.1. The van der Waals surface area contributed by atoms with Crippen molar-refractivity contribution in [2.45, 2.75) is 26.3 Å². The van der Waals surface area contributed by atoms with Crippen molar-refractivity contribution in [3.05, 3.63) is 0 Å². The number of sulfonamides is 1. The fraction of sp³-hybridized carbons (Fsp3) is 0.938. The first-order valence-electron chi connectivity index (χ1n) is 9.27. The van der Waals surface area contributed by atoms with E-state index in [-0.39, 0.29) is 5.75 Å². The van der Waals surface area contributed by atoms with Crippen LogP contribution in [0.25, 0.3) is 0 Å². The largest absolute Gasteiger partial charge is 0.355 e. The van der Waals surface area contributed by atoms with E-state index in [1.807, 2.05) is 11.8 Å². The van der Waals surface area contributed by atoms with Gasteiger partial charge in [0.1, 0.15) is 0 Å². The molecule has 2 saturated heterocycles. The Bertz CT molecular complexity index is 531. The number of nitrogens with one attached hydrogen (secondary N) is 1. The van der Waals surface area contributed by atoms with Gasteiger partial charge in [-0.2, -0.15) is 11.8 Å². The van der Waals surface area contributed by atoms with Crippen LogP contribution in [-0.2, 0) is 10.0 Å². The molecular formula is C16H33N5O2S2. The quantitative estimate of drug-likeness (QED) is 0.499. The number of nitrogens with zero attached hydrogens (tertiary/aromatic N) is 4. The molecule has 0 radical (unpaired) electrons. The highest BCUT2D eigenvalue weighted by molar-refractivity contribution is 7.99. The zero-order valence-corrected chi connectivity index (χ0v) is 17.4. The molecule has 1 unspecified atom stereocenters. The zero-order valence-electron chi connectivity index (χ0n) is 15.8. The summed E-state index contributed by atoms with van der Waals surface area (Å²) in [7, 11) is -1.40. The van der Waals surface area contributed by atoms with Crippen LogP contribution in [0.4, 0.5) is 0 Å². The van der Waals surface area contributed by atoms with E-state index < -0.39 is 10.0 Å². The number of likely N-dealkylation sites (tertiary alicyclic amines) is 1. The van der Waals surface area contributed by atoms with Gasteiger partial charge < -0.3 is 10.2 Å². The first-order chi connectivity index (χ1) is 12.0. The van der Waals surface area contributed by atoms with E-state index in [0.29, 0.717) is 25.7 Å². The summed E-state index contributed by atoms with van der Waals surface area (Å²) >= 11 is 1.82. The minimum atomic E-state index is -3.17. The SMILES string of the molecule is CCN(CC)C1CCN(C(=NC)NCCS(=O)(=O)N2CCSCC2)C1. The third-order valence-electron chi connectivity index (χ3n) is 5.01. The molecule has 2 aliphatic heterocycles. The first-order valence-corrected chi connectivity index (χ1v) is 12.0. The van der Waals surface area contributed by atoms with Crippen molar-refractivity contribution in [1.82, 2.24) is 19.4 Å².